The molecule has 0 spiro atoms. The van der Waals surface area contributed by atoms with Crippen LogP contribution in [-0.4, -0.2) is 14.2 Å². The van der Waals surface area contributed by atoms with E-state index in [0.717, 1.165) is 67.9 Å². The Balaban J connectivity index is 1.22. The van der Waals surface area contributed by atoms with E-state index in [1.165, 1.54) is 22.3 Å². The van der Waals surface area contributed by atoms with Gasteiger partial charge in [-0.25, -0.2) is 0 Å². The fourth-order valence-electron chi connectivity index (χ4n) is 7.06. The molecule has 0 atom stereocenters. The molecule has 4 nitrogen and oxygen atoms in total. The van der Waals surface area contributed by atoms with Crippen molar-refractivity contribution in [2.45, 2.75) is 27.7 Å². The van der Waals surface area contributed by atoms with Gasteiger partial charge in [-0.1, -0.05) is 108 Å². The molecule has 0 N–H and O–H groups in total. The SMILES string of the molecule is COc1cccc(/C=C/c2ccc(N(c3ccc(N(c4ccc(/C=C/c5cccc(OC)c5)cc4)c4ccc(C)cc4C)cc3)c3ccc(C)cc3C)cc2)c1. The van der Waals surface area contributed by atoms with Gasteiger partial charge in [0.25, 0.3) is 0 Å². The Kier molecular flexibility index (Phi) is 11.5. The zero-order valence-electron chi connectivity index (χ0n) is 33.0. The lowest BCUT2D eigenvalue weighted by atomic mass is 10.1. The second-order valence-electron chi connectivity index (χ2n) is 14.2. The second-order valence-corrected chi connectivity index (χ2v) is 14.2. The molecule has 0 aliphatic heterocycles. The summed E-state index contributed by atoms with van der Waals surface area (Å²) in [6.45, 7) is 8.66. The molecule has 0 fully saturated rings. The van der Waals surface area contributed by atoms with Gasteiger partial charge >= 0.3 is 0 Å². The van der Waals surface area contributed by atoms with Gasteiger partial charge in [-0.05, 0) is 146 Å². The molecule has 0 unspecified atom stereocenters. The van der Waals surface area contributed by atoms with Crippen LogP contribution >= 0.6 is 0 Å². The number of hydrogen-bond acceptors (Lipinski definition) is 4. The van der Waals surface area contributed by atoms with Crippen LogP contribution in [0.25, 0.3) is 24.3 Å². The maximum absolute atomic E-state index is 5.41. The highest BCUT2D eigenvalue weighted by Crippen LogP contribution is 2.41. The number of benzene rings is 7. The van der Waals surface area contributed by atoms with Crippen LogP contribution in [-0.2, 0) is 0 Å². The van der Waals surface area contributed by atoms with Crippen LogP contribution < -0.4 is 19.3 Å². The third-order valence-corrected chi connectivity index (χ3v) is 9.98. The predicted octanol–water partition coefficient (Wildman–Crippen LogP) is 14.2. The van der Waals surface area contributed by atoms with Crippen molar-refractivity contribution < 1.29 is 9.47 Å². The van der Waals surface area contributed by atoms with E-state index in [1.54, 1.807) is 14.2 Å². The molecule has 0 saturated carbocycles. The fourth-order valence-corrected chi connectivity index (χ4v) is 7.06. The van der Waals surface area contributed by atoms with Crippen LogP contribution in [0.2, 0.25) is 0 Å². The minimum atomic E-state index is 0.849. The smallest absolute Gasteiger partial charge is 0.119 e. The molecule has 278 valence electrons. The van der Waals surface area contributed by atoms with Crippen LogP contribution in [0.5, 0.6) is 11.5 Å². The first-order valence-electron chi connectivity index (χ1n) is 19.0. The first-order valence-corrected chi connectivity index (χ1v) is 19.0. The molecule has 4 heteroatoms. The summed E-state index contributed by atoms with van der Waals surface area (Å²) in [4.78, 5) is 4.69. The van der Waals surface area contributed by atoms with E-state index >= 15 is 0 Å². The second kappa shape index (κ2) is 17.1. The highest BCUT2D eigenvalue weighted by molar-refractivity contribution is 5.84. The van der Waals surface area contributed by atoms with Crippen molar-refractivity contribution in [1.82, 2.24) is 0 Å². The van der Waals surface area contributed by atoms with Crippen molar-refractivity contribution >= 4 is 58.4 Å². The Morgan fingerprint density at radius 1 is 0.357 bits per heavy atom. The van der Waals surface area contributed by atoms with Gasteiger partial charge in [0.1, 0.15) is 11.5 Å². The number of nitrogens with zero attached hydrogens (tertiary/aromatic N) is 2. The lowest BCUT2D eigenvalue weighted by Crippen LogP contribution is -2.13. The highest BCUT2D eigenvalue weighted by Gasteiger charge is 2.18. The molecular formula is C52H48N2O2. The molecular weight excluding hydrogens is 685 g/mol. The average molecular weight is 733 g/mol. The largest absolute Gasteiger partial charge is 0.497 e. The maximum atomic E-state index is 5.41. The van der Waals surface area contributed by atoms with Gasteiger partial charge in [-0.15, -0.1) is 0 Å². The molecule has 0 heterocycles. The van der Waals surface area contributed by atoms with Crippen molar-refractivity contribution in [1.29, 1.82) is 0 Å². The Bertz CT molecular complexity index is 2300. The van der Waals surface area contributed by atoms with Crippen LogP contribution in [0.15, 0.2) is 158 Å². The van der Waals surface area contributed by atoms with Gasteiger partial charge in [0, 0.05) is 34.1 Å². The molecule has 0 aliphatic rings. The molecule has 56 heavy (non-hydrogen) atoms. The Morgan fingerprint density at radius 2 is 0.696 bits per heavy atom. The summed E-state index contributed by atoms with van der Waals surface area (Å²) >= 11 is 0. The van der Waals surface area contributed by atoms with Crippen molar-refractivity contribution in [3.05, 3.63) is 202 Å². The molecule has 0 radical (unpaired) electrons. The minimum absolute atomic E-state index is 0.849. The van der Waals surface area contributed by atoms with Gasteiger partial charge in [0.2, 0.25) is 0 Å². The summed E-state index contributed by atoms with van der Waals surface area (Å²) in [5.74, 6) is 1.70. The Hall–Kier alpha value is -6.78. The zero-order chi connectivity index (χ0) is 39.0. The van der Waals surface area contributed by atoms with E-state index in [-0.39, 0.29) is 0 Å². The average Bonchev–Trinajstić information content (AvgIpc) is 3.22. The first-order chi connectivity index (χ1) is 27.3. The van der Waals surface area contributed by atoms with Crippen molar-refractivity contribution in [2.24, 2.45) is 0 Å². The van der Waals surface area contributed by atoms with Crippen molar-refractivity contribution in [3.8, 4) is 11.5 Å². The first kappa shape index (κ1) is 37.5. The summed E-state index contributed by atoms with van der Waals surface area (Å²) in [6.07, 6.45) is 8.51. The summed E-state index contributed by atoms with van der Waals surface area (Å²) < 4.78 is 10.8. The summed E-state index contributed by atoms with van der Waals surface area (Å²) in [7, 11) is 3.39. The monoisotopic (exact) mass is 732 g/mol. The highest BCUT2D eigenvalue weighted by atomic mass is 16.5. The van der Waals surface area contributed by atoms with Crippen LogP contribution in [0.3, 0.4) is 0 Å². The predicted molar refractivity (Wildman–Crippen MR) is 239 cm³/mol. The van der Waals surface area contributed by atoms with Crippen LogP contribution in [0.4, 0.5) is 34.1 Å². The van der Waals surface area contributed by atoms with Gasteiger partial charge in [0.05, 0.1) is 14.2 Å². The molecule has 0 bridgehead atoms. The lowest BCUT2D eigenvalue weighted by molar-refractivity contribution is 0.414. The zero-order valence-corrected chi connectivity index (χ0v) is 33.0. The summed E-state index contributed by atoms with van der Waals surface area (Å²) in [5.41, 5.74) is 16.0. The number of hydrogen-bond donors (Lipinski definition) is 0. The van der Waals surface area contributed by atoms with Gasteiger partial charge < -0.3 is 19.3 Å². The Morgan fingerprint density at radius 3 is 1.04 bits per heavy atom. The van der Waals surface area contributed by atoms with Crippen molar-refractivity contribution in [3.63, 3.8) is 0 Å². The number of aryl methyl sites for hydroxylation is 4. The van der Waals surface area contributed by atoms with E-state index < -0.39 is 0 Å². The quantitative estimate of drug-likeness (QED) is 0.117. The maximum Gasteiger partial charge on any atom is 0.119 e. The van der Waals surface area contributed by atoms with Crippen LogP contribution in [0, 0.1) is 27.7 Å². The molecule has 7 rings (SSSR count). The Labute approximate surface area is 332 Å². The number of anilines is 6. The van der Waals surface area contributed by atoms with E-state index in [9.17, 15) is 0 Å². The molecule has 0 aliphatic carbocycles. The number of methoxy groups -OCH3 is 2. The summed E-state index contributed by atoms with van der Waals surface area (Å²) in [6, 6.07) is 55.9. The molecule has 0 amide bonds. The van der Waals surface area contributed by atoms with Gasteiger partial charge in [0.15, 0.2) is 0 Å². The standard InChI is InChI=1S/C52H48N2O2/c1-37-13-31-51(39(3)33-37)53(45-23-19-41(20-24-45)15-17-43-9-7-11-49(35-43)55-5)47-27-29-48(30-28-47)54(52-32-14-38(2)34-40(52)4)46-25-21-42(22-26-46)16-18-44-10-8-12-50(36-44)56-6/h7-36H,1-6H3/b17-15+,18-16+. The number of rotatable bonds is 12. The van der Waals surface area contributed by atoms with E-state index in [1.807, 2.05) is 36.4 Å². The number of ether oxygens (including phenoxy) is 2. The molecule has 0 saturated heterocycles. The fraction of sp³-hybridized carbons (Fsp3) is 0.115. The van der Waals surface area contributed by atoms with Crippen molar-refractivity contribution in [2.75, 3.05) is 24.0 Å². The minimum Gasteiger partial charge on any atom is -0.497 e. The normalized spacial score (nSPS) is 11.2. The van der Waals surface area contributed by atoms with E-state index in [4.69, 9.17) is 9.47 Å². The summed E-state index contributed by atoms with van der Waals surface area (Å²) in [5, 5.41) is 0. The van der Waals surface area contributed by atoms with Gasteiger partial charge in [-0.3, -0.25) is 0 Å². The third-order valence-electron chi connectivity index (χ3n) is 9.98. The topological polar surface area (TPSA) is 24.9 Å². The third kappa shape index (κ3) is 8.77. The molecule has 7 aromatic rings. The van der Waals surface area contributed by atoms with E-state index in [0.29, 0.717) is 0 Å². The van der Waals surface area contributed by atoms with Crippen LogP contribution in [0.1, 0.15) is 44.5 Å². The van der Waals surface area contributed by atoms with Gasteiger partial charge in [-0.2, -0.15) is 0 Å². The lowest BCUT2D eigenvalue weighted by Gasteiger charge is -2.30. The molecule has 0 aromatic heterocycles. The molecule has 7 aromatic carbocycles. The van der Waals surface area contributed by atoms with E-state index in [2.05, 4.69) is 183 Å².